The van der Waals surface area contributed by atoms with Gasteiger partial charge in [-0.15, -0.1) is 12.4 Å². The predicted octanol–water partition coefficient (Wildman–Crippen LogP) is 2.05. The molecule has 8 heteroatoms. The van der Waals surface area contributed by atoms with Crippen LogP contribution in [-0.2, 0) is 20.3 Å². The Hall–Kier alpha value is -1.93. The van der Waals surface area contributed by atoms with Gasteiger partial charge in [-0.05, 0) is 23.8 Å². The monoisotopic (exact) mass is 412 g/mol. The molecule has 0 fully saturated rings. The molecule has 0 bridgehead atoms. The van der Waals surface area contributed by atoms with E-state index in [1.807, 2.05) is 0 Å². The number of hydrogen-bond donors (Lipinski definition) is 2. The second kappa shape index (κ2) is 11.7. The molecule has 0 unspecified atom stereocenters. The fourth-order valence-electron chi connectivity index (χ4n) is 2.44. The number of methoxy groups -OCH3 is 1. The maximum absolute atomic E-state index is 12.6. The molecule has 2 aromatic rings. The molecular formula is C19H25ClN2O4S. The molecule has 0 aliphatic rings. The lowest BCUT2D eigenvalue weighted by Crippen LogP contribution is -2.33. The summed E-state index contributed by atoms with van der Waals surface area (Å²) in [4.78, 5) is 12.7. The van der Waals surface area contributed by atoms with Gasteiger partial charge in [0, 0.05) is 32.3 Å². The molecule has 148 valence electrons. The molecule has 0 radical (unpaired) electrons. The summed E-state index contributed by atoms with van der Waals surface area (Å²) in [5.74, 6) is -0.496. The fourth-order valence-corrected chi connectivity index (χ4v) is 3.84. The van der Waals surface area contributed by atoms with Gasteiger partial charge in [0.25, 0.3) is 5.91 Å². The van der Waals surface area contributed by atoms with E-state index in [0.29, 0.717) is 37.4 Å². The molecule has 2 aromatic carbocycles. The quantitative estimate of drug-likeness (QED) is 0.583. The molecule has 0 atom stereocenters. The third-order valence-electron chi connectivity index (χ3n) is 3.78. The van der Waals surface area contributed by atoms with Crippen molar-refractivity contribution in [2.45, 2.75) is 10.6 Å². The summed E-state index contributed by atoms with van der Waals surface area (Å²) in [6, 6.07) is 15.0. The van der Waals surface area contributed by atoms with Crippen LogP contribution in [0.1, 0.15) is 15.9 Å². The van der Waals surface area contributed by atoms with E-state index >= 15 is 0 Å². The number of carbonyl (C=O) groups excluding carboxylic acids is 1. The van der Waals surface area contributed by atoms with E-state index in [0.717, 1.165) is 0 Å². The van der Waals surface area contributed by atoms with Gasteiger partial charge in [0.05, 0.1) is 17.3 Å². The smallest absolute Gasteiger partial charge is 0.251 e. The molecule has 2 N–H and O–H groups in total. The standard InChI is InChI=1S/C19H24N2O4S.ClH/c1-25-14-13-20-11-12-21-19(22)18-10-6-5-7-16(18)15-26(23,24)17-8-3-2-4-9-17;/h2-10,20H,11-15H2,1H3,(H,21,22);1H. The number of nitrogens with one attached hydrogen (secondary N) is 2. The summed E-state index contributed by atoms with van der Waals surface area (Å²) in [5, 5.41) is 5.94. The van der Waals surface area contributed by atoms with Gasteiger partial charge in [-0.2, -0.15) is 0 Å². The van der Waals surface area contributed by atoms with Crippen LogP contribution in [0.3, 0.4) is 0 Å². The normalized spacial score (nSPS) is 10.9. The molecule has 0 saturated heterocycles. The first-order valence-electron chi connectivity index (χ1n) is 8.38. The molecule has 0 spiro atoms. The SMILES string of the molecule is COCCNCCNC(=O)c1ccccc1CS(=O)(=O)c1ccccc1.Cl. The van der Waals surface area contributed by atoms with Crippen molar-refractivity contribution >= 4 is 28.2 Å². The molecule has 0 saturated carbocycles. The van der Waals surface area contributed by atoms with E-state index in [-0.39, 0.29) is 29.0 Å². The maximum Gasteiger partial charge on any atom is 0.251 e. The van der Waals surface area contributed by atoms with Gasteiger partial charge in [0.15, 0.2) is 9.84 Å². The number of halogens is 1. The van der Waals surface area contributed by atoms with E-state index in [2.05, 4.69) is 10.6 Å². The molecule has 2 rings (SSSR count). The minimum atomic E-state index is -3.51. The Balaban J connectivity index is 0.00000364. The van der Waals surface area contributed by atoms with Crippen molar-refractivity contribution in [2.75, 3.05) is 33.4 Å². The van der Waals surface area contributed by atoms with Crippen LogP contribution in [0, 0.1) is 0 Å². The average Bonchev–Trinajstić information content (AvgIpc) is 2.65. The molecular weight excluding hydrogens is 388 g/mol. The summed E-state index contributed by atoms with van der Waals surface area (Å²) in [6.07, 6.45) is 0. The Morgan fingerprint density at radius 1 is 0.963 bits per heavy atom. The third-order valence-corrected chi connectivity index (χ3v) is 5.46. The molecule has 6 nitrogen and oxygen atoms in total. The summed E-state index contributed by atoms with van der Waals surface area (Å²) in [5.41, 5.74) is 0.866. The van der Waals surface area contributed by atoms with Crippen LogP contribution in [-0.4, -0.2) is 47.7 Å². The van der Waals surface area contributed by atoms with E-state index in [4.69, 9.17) is 4.74 Å². The van der Waals surface area contributed by atoms with Crippen LogP contribution in [0.5, 0.6) is 0 Å². The van der Waals surface area contributed by atoms with Crippen molar-refractivity contribution in [3.05, 3.63) is 65.7 Å². The van der Waals surface area contributed by atoms with Crippen molar-refractivity contribution < 1.29 is 17.9 Å². The van der Waals surface area contributed by atoms with Crippen LogP contribution in [0.15, 0.2) is 59.5 Å². The molecule has 27 heavy (non-hydrogen) atoms. The van der Waals surface area contributed by atoms with Crippen molar-refractivity contribution in [3.63, 3.8) is 0 Å². The zero-order chi connectivity index (χ0) is 18.8. The van der Waals surface area contributed by atoms with E-state index in [9.17, 15) is 13.2 Å². The zero-order valence-corrected chi connectivity index (χ0v) is 16.8. The Morgan fingerprint density at radius 2 is 1.63 bits per heavy atom. The minimum Gasteiger partial charge on any atom is -0.383 e. The van der Waals surface area contributed by atoms with Crippen LogP contribution in [0.4, 0.5) is 0 Å². The summed E-state index contributed by atoms with van der Waals surface area (Å²) < 4.78 is 30.1. The number of rotatable bonds is 10. The van der Waals surface area contributed by atoms with Crippen LogP contribution < -0.4 is 10.6 Å². The van der Waals surface area contributed by atoms with Crippen LogP contribution in [0.25, 0.3) is 0 Å². The van der Waals surface area contributed by atoms with E-state index < -0.39 is 9.84 Å². The Labute approximate surface area is 166 Å². The number of hydrogen-bond acceptors (Lipinski definition) is 5. The maximum atomic E-state index is 12.6. The summed E-state index contributed by atoms with van der Waals surface area (Å²) in [6.45, 7) is 2.37. The first kappa shape index (κ1) is 23.1. The van der Waals surface area contributed by atoms with Gasteiger partial charge in [0.2, 0.25) is 0 Å². The van der Waals surface area contributed by atoms with Crippen molar-refractivity contribution in [2.24, 2.45) is 0 Å². The lowest BCUT2D eigenvalue weighted by atomic mass is 10.1. The highest BCUT2D eigenvalue weighted by Crippen LogP contribution is 2.18. The van der Waals surface area contributed by atoms with Gasteiger partial charge in [-0.3, -0.25) is 4.79 Å². The largest absolute Gasteiger partial charge is 0.383 e. The summed E-state index contributed by atoms with van der Waals surface area (Å²) >= 11 is 0. The van der Waals surface area contributed by atoms with E-state index in [1.54, 1.807) is 61.7 Å². The number of sulfone groups is 1. The van der Waals surface area contributed by atoms with Gasteiger partial charge < -0.3 is 15.4 Å². The number of benzene rings is 2. The fraction of sp³-hybridized carbons (Fsp3) is 0.316. The molecule has 0 aliphatic carbocycles. The molecule has 0 aliphatic heterocycles. The van der Waals surface area contributed by atoms with Gasteiger partial charge in [-0.25, -0.2) is 8.42 Å². The van der Waals surface area contributed by atoms with Gasteiger partial charge in [0.1, 0.15) is 0 Å². The minimum absolute atomic E-state index is 0. The number of carbonyl (C=O) groups is 1. The highest BCUT2D eigenvalue weighted by atomic mass is 35.5. The van der Waals surface area contributed by atoms with Crippen molar-refractivity contribution in [1.82, 2.24) is 10.6 Å². The lowest BCUT2D eigenvalue weighted by Gasteiger charge is -2.11. The second-order valence-electron chi connectivity index (χ2n) is 5.73. The first-order valence-corrected chi connectivity index (χ1v) is 10.0. The van der Waals surface area contributed by atoms with Gasteiger partial charge >= 0.3 is 0 Å². The Kier molecular flexibility index (Phi) is 10.0. The Morgan fingerprint density at radius 3 is 2.33 bits per heavy atom. The number of amides is 1. The van der Waals surface area contributed by atoms with Crippen molar-refractivity contribution in [3.8, 4) is 0 Å². The molecule has 0 heterocycles. The first-order chi connectivity index (χ1) is 12.5. The van der Waals surface area contributed by atoms with Crippen molar-refractivity contribution in [1.29, 1.82) is 0 Å². The predicted molar refractivity (Wildman–Crippen MR) is 108 cm³/mol. The van der Waals surface area contributed by atoms with Crippen LogP contribution in [0.2, 0.25) is 0 Å². The highest BCUT2D eigenvalue weighted by Gasteiger charge is 2.19. The molecule has 1 amide bonds. The lowest BCUT2D eigenvalue weighted by molar-refractivity contribution is 0.0953. The highest BCUT2D eigenvalue weighted by molar-refractivity contribution is 7.90. The van der Waals surface area contributed by atoms with Crippen LogP contribution >= 0.6 is 12.4 Å². The Bertz CT molecular complexity index is 813. The van der Waals surface area contributed by atoms with Gasteiger partial charge in [-0.1, -0.05) is 36.4 Å². The van der Waals surface area contributed by atoms with E-state index in [1.165, 1.54) is 0 Å². The molecule has 0 aromatic heterocycles. The summed E-state index contributed by atoms with van der Waals surface area (Å²) in [7, 11) is -1.88. The topological polar surface area (TPSA) is 84.5 Å². The number of ether oxygens (including phenoxy) is 1. The third kappa shape index (κ3) is 7.30. The average molecular weight is 413 g/mol. The second-order valence-corrected chi connectivity index (χ2v) is 7.72. The zero-order valence-electron chi connectivity index (χ0n) is 15.2.